The minimum absolute atomic E-state index is 0.00212. The van der Waals surface area contributed by atoms with Crippen LogP contribution in [0.4, 0.5) is 13.2 Å². The quantitative estimate of drug-likeness (QED) is 0.500. The van der Waals surface area contributed by atoms with Gasteiger partial charge in [0.2, 0.25) is 10.0 Å². The second kappa shape index (κ2) is 9.07. The molecule has 0 aliphatic heterocycles. The van der Waals surface area contributed by atoms with Crippen molar-refractivity contribution in [3.8, 4) is 0 Å². The highest BCUT2D eigenvalue weighted by molar-refractivity contribution is 7.89. The van der Waals surface area contributed by atoms with Crippen LogP contribution in [-0.4, -0.2) is 20.9 Å². The Morgan fingerprint density at radius 3 is 2.39 bits per heavy atom. The number of sulfonamides is 1. The second-order valence-corrected chi connectivity index (χ2v) is 7.50. The summed E-state index contributed by atoms with van der Waals surface area (Å²) in [5.74, 6) is 0.390. The zero-order valence-electron chi connectivity index (χ0n) is 15.1. The lowest BCUT2D eigenvalue weighted by Crippen LogP contribution is -2.36. The number of halogens is 3. The van der Waals surface area contributed by atoms with Gasteiger partial charge in [0.25, 0.3) is 0 Å². The molecule has 0 fully saturated rings. The number of hydrogen-bond donors (Lipinski definition) is 3. The van der Waals surface area contributed by atoms with Crippen molar-refractivity contribution < 1.29 is 21.6 Å². The summed E-state index contributed by atoms with van der Waals surface area (Å²) in [6.07, 6.45) is -4.41. The van der Waals surface area contributed by atoms with E-state index in [-0.39, 0.29) is 18.0 Å². The molecular weight excluding hydrogens is 393 g/mol. The van der Waals surface area contributed by atoms with Gasteiger partial charge in [-0.25, -0.2) is 18.5 Å². The SMILES string of the molecule is CCNC(=NCc1cccc(C(F)(F)F)c1)NCc1cccc(S(N)(=O)=O)c1. The Labute approximate surface area is 161 Å². The first kappa shape index (κ1) is 21.7. The van der Waals surface area contributed by atoms with Crippen molar-refractivity contribution in [2.24, 2.45) is 10.1 Å². The molecule has 6 nitrogen and oxygen atoms in total. The van der Waals surface area contributed by atoms with Gasteiger partial charge in [0.1, 0.15) is 0 Å². The zero-order chi connectivity index (χ0) is 20.8. The standard InChI is InChI=1S/C18H21F3N4O2S/c1-2-23-17(24-11-13-5-3-7-15(9-13)18(19,20)21)25-12-14-6-4-8-16(10-14)28(22,26)27/h3-10H,2,11-12H2,1H3,(H2,22,26,27)(H2,23,24,25). The summed E-state index contributed by atoms with van der Waals surface area (Å²) in [4.78, 5) is 4.28. The maximum absolute atomic E-state index is 12.8. The first-order valence-corrected chi connectivity index (χ1v) is 9.94. The van der Waals surface area contributed by atoms with E-state index in [9.17, 15) is 21.6 Å². The highest BCUT2D eigenvalue weighted by atomic mass is 32.2. The molecule has 0 aromatic heterocycles. The van der Waals surface area contributed by atoms with E-state index in [0.717, 1.165) is 12.1 Å². The van der Waals surface area contributed by atoms with Crippen LogP contribution in [0.15, 0.2) is 58.4 Å². The van der Waals surface area contributed by atoms with Crippen LogP contribution in [0.2, 0.25) is 0 Å². The van der Waals surface area contributed by atoms with Crippen molar-refractivity contribution in [3.63, 3.8) is 0 Å². The van der Waals surface area contributed by atoms with Gasteiger partial charge >= 0.3 is 6.18 Å². The molecule has 0 aliphatic carbocycles. The number of rotatable bonds is 6. The fourth-order valence-corrected chi connectivity index (χ4v) is 2.96. The number of guanidine groups is 1. The highest BCUT2D eigenvalue weighted by Crippen LogP contribution is 2.29. The van der Waals surface area contributed by atoms with Gasteiger partial charge in [-0.1, -0.05) is 24.3 Å². The molecule has 0 saturated heterocycles. The predicted octanol–water partition coefficient (Wildman–Crippen LogP) is 2.61. The number of nitrogens with one attached hydrogen (secondary N) is 2. The fourth-order valence-electron chi connectivity index (χ4n) is 2.38. The maximum atomic E-state index is 12.8. The molecule has 2 rings (SSSR count). The normalized spacial score (nSPS) is 12.7. The Balaban J connectivity index is 2.09. The second-order valence-electron chi connectivity index (χ2n) is 5.94. The Morgan fingerprint density at radius 1 is 1.07 bits per heavy atom. The van der Waals surface area contributed by atoms with Crippen LogP contribution in [0.25, 0.3) is 0 Å². The number of nitrogens with zero attached hydrogens (tertiary/aromatic N) is 1. The summed E-state index contributed by atoms with van der Waals surface area (Å²) in [6, 6.07) is 11.1. The number of alkyl halides is 3. The van der Waals surface area contributed by atoms with Crippen LogP contribution in [0.3, 0.4) is 0 Å². The van der Waals surface area contributed by atoms with Crippen molar-refractivity contribution in [2.45, 2.75) is 31.1 Å². The molecule has 0 radical (unpaired) electrons. The Morgan fingerprint density at radius 2 is 1.75 bits per heavy atom. The zero-order valence-corrected chi connectivity index (χ0v) is 15.9. The molecule has 0 aliphatic rings. The molecule has 10 heteroatoms. The van der Waals surface area contributed by atoms with E-state index in [1.165, 1.54) is 18.2 Å². The van der Waals surface area contributed by atoms with Crippen LogP contribution in [0, 0.1) is 0 Å². The molecule has 2 aromatic carbocycles. The van der Waals surface area contributed by atoms with E-state index in [2.05, 4.69) is 15.6 Å². The first-order valence-electron chi connectivity index (χ1n) is 8.39. The van der Waals surface area contributed by atoms with Crippen LogP contribution in [0.5, 0.6) is 0 Å². The molecule has 0 heterocycles. The first-order chi connectivity index (χ1) is 13.1. The van der Waals surface area contributed by atoms with Crippen molar-refractivity contribution in [2.75, 3.05) is 6.54 Å². The van der Waals surface area contributed by atoms with E-state index in [4.69, 9.17) is 5.14 Å². The highest BCUT2D eigenvalue weighted by Gasteiger charge is 2.30. The van der Waals surface area contributed by atoms with Crippen molar-refractivity contribution >= 4 is 16.0 Å². The molecule has 28 heavy (non-hydrogen) atoms. The number of primary sulfonamides is 1. The summed E-state index contributed by atoms with van der Waals surface area (Å²) in [5.41, 5.74) is 0.359. The third-order valence-corrected chi connectivity index (χ3v) is 4.62. The number of aliphatic imine (C=N–C) groups is 1. The fraction of sp³-hybridized carbons (Fsp3) is 0.278. The summed E-state index contributed by atoms with van der Waals surface area (Å²) in [7, 11) is -3.80. The molecule has 2 aromatic rings. The molecule has 0 bridgehead atoms. The summed E-state index contributed by atoms with van der Waals surface area (Å²) >= 11 is 0. The van der Waals surface area contributed by atoms with Crippen molar-refractivity contribution in [3.05, 3.63) is 65.2 Å². The van der Waals surface area contributed by atoms with Crippen LogP contribution in [0.1, 0.15) is 23.6 Å². The van der Waals surface area contributed by atoms with Gasteiger partial charge < -0.3 is 10.6 Å². The summed E-state index contributed by atoms with van der Waals surface area (Å²) < 4.78 is 61.2. The Bertz CT molecular complexity index is 944. The lowest BCUT2D eigenvalue weighted by Gasteiger charge is -2.12. The van der Waals surface area contributed by atoms with Crippen LogP contribution in [-0.2, 0) is 29.3 Å². The van der Waals surface area contributed by atoms with Crippen molar-refractivity contribution in [1.82, 2.24) is 10.6 Å². The van der Waals surface area contributed by atoms with Crippen molar-refractivity contribution in [1.29, 1.82) is 0 Å². The monoisotopic (exact) mass is 414 g/mol. The molecule has 0 saturated carbocycles. The topological polar surface area (TPSA) is 96.6 Å². The third-order valence-electron chi connectivity index (χ3n) is 3.71. The van der Waals surface area contributed by atoms with Gasteiger partial charge in [0.05, 0.1) is 17.0 Å². The number of benzene rings is 2. The lowest BCUT2D eigenvalue weighted by molar-refractivity contribution is -0.137. The third kappa shape index (κ3) is 6.54. The lowest BCUT2D eigenvalue weighted by atomic mass is 10.1. The molecule has 152 valence electrons. The van der Waals surface area contributed by atoms with Gasteiger partial charge in [-0.2, -0.15) is 13.2 Å². The van der Waals surface area contributed by atoms with E-state index in [1.807, 2.05) is 6.92 Å². The molecule has 0 spiro atoms. The van der Waals surface area contributed by atoms with E-state index in [0.29, 0.717) is 23.6 Å². The van der Waals surface area contributed by atoms with Gasteiger partial charge in [-0.3, -0.25) is 0 Å². The predicted molar refractivity (Wildman–Crippen MR) is 101 cm³/mol. The molecule has 0 atom stereocenters. The number of hydrogen-bond acceptors (Lipinski definition) is 3. The largest absolute Gasteiger partial charge is 0.416 e. The minimum atomic E-state index is -4.41. The number of nitrogens with two attached hydrogens (primary N) is 1. The maximum Gasteiger partial charge on any atom is 0.416 e. The van der Waals surface area contributed by atoms with Gasteiger partial charge in [-0.05, 0) is 42.3 Å². The average Bonchev–Trinajstić information content (AvgIpc) is 2.63. The average molecular weight is 414 g/mol. The summed E-state index contributed by atoms with van der Waals surface area (Å²) in [5, 5.41) is 11.1. The molecule has 0 amide bonds. The van der Waals surface area contributed by atoms with Gasteiger partial charge in [0, 0.05) is 13.1 Å². The molecule has 4 N–H and O–H groups in total. The Hall–Kier alpha value is -2.59. The molecule has 0 unspecified atom stereocenters. The summed E-state index contributed by atoms with van der Waals surface area (Å²) in [6.45, 7) is 2.71. The van der Waals surface area contributed by atoms with Crippen LogP contribution < -0.4 is 15.8 Å². The molecular formula is C18H21F3N4O2S. The Kier molecular flexibility index (Phi) is 7.03. The van der Waals surface area contributed by atoms with E-state index < -0.39 is 21.8 Å². The van der Waals surface area contributed by atoms with E-state index >= 15 is 0 Å². The minimum Gasteiger partial charge on any atom is -0.357 e. The van der Waals surface area contributed by atoms with E-state index in [1.54, 1.807) is 18.2 Å². The smallest absolute Gasteiger partial charge is 0.357 e. The van der Waals surface area contributed by atoms with Gasteiger partial charge in [0.15, 0.2) is 5.96 Å². The van der Waals surface area contributed by atoms with Gasteiger partial charge in [-0.15, -0.1) is 0 Å². The van der Waals surface area contributed by atoms with Crippen LogP contribution >= 0.6 is 0 Å².